The minimum absolute atomic E-state index is 0.168. The minimum Gasteiger partial charge on any atom is -0.444 e. The number of nitrogens with two attached hydrogens (primary N) is 1. The van der Waals surface area contributed by atoms with E-state index in [-0.39, 0.29) is 17.9 Å². The van der Waals surface area contributed by atoms with Gasteiger partial charge in [-0.25, -0.2) is 9.18 Å². The SMILES string of the molecule is CC(C)(C)OC(=O)N1CCn2nc(-c3ccc(F)cc3)c(C(N)=O)c2C1. The van der Waals surface area contributed by atoms with Gasteiger partial charge in [-0.05, 0) is 45.0 Å². The molecule has 0 atom stereocenters. The standard InChI is InChI=1S/C18H21FN4O3/c1-18(2,3)26-17(25)22-8-9-23-13(10-22)14(16(20)24)15(21-23)11-4-6-12(19)7-5-11/h4-7H,8-10H2,1-3H3,(H2,20,24). The summed E-state index contributed by atoms with van der Waals surface area (Å²) in [5.41, 5.74) is 6.73. The summed E-state index contributed by atoms with van der Waals surface area (Å²) in [7, 11) is 0. The van der Waals surface area contributed by atoms with E-state index in [1.165, 1.54) is 17.0 Å². The highest BCUT2D eigenvalue weighted by molar-refractivity contribution is 6.00. The Morgan fingerprint density at radius 3 is 2.42 bits per heavy atom. The van der Waals surface area contributed by atoms with Gasteiger partial charge in [0.1, 0.15) is 17.1 Å². The maximum Gasteiger partial charge on any atom is 0.410 e. The summed E-state index contributed by atoms with van der Waals surface area (Å²) >= 11 is 0. The monoisotopic (exact) mass is 360 g/mol. The predicted molar refractivity (Wildman–Crippen MR) is 92.8 cm³/mol. The van der Waals surface area contributed by atoms with E-state index in [9.17, 15) is 14.0 Å². The van der Waals surface area contributed by atoms with Gasteiger partial charge < -0.3 is 15.4 Å². The average Bonchev–Trinajstić information content (AvgIpc) is 2.92. The van der Waals surface area contributed by atoms with E-state index < -0.39 is 17.6 Å². The Morgan fingerprint density at radius 1 is 1.19 bits per heavy atom. The smallest absolute Gasteiger partial charge is 0.410 e. The molecule has 138 valence electrons. The normalized spacial score (nSPS) is 14.1. The second kappa shape index (κ2) is 6.44. The van der Waals surface area contributed by atoms with Crippen molar-refractivity contribution in [2.75, 3.05) is 6.54 Å². The summed E-state index contributed by atoms with van der Waals surface area (Å²) in [6, 6.07) is 5.68. The number of nitrogens with zero attached hydrogens (tertiary/aromatic N) is 3. The fourth-order valence-corrected chi connectivity index (χ4v) is 2.87. The van der Waals surface area contributed by atoms with Crippen LogP contribution in [0, 0.1) is 5.82 Å². The number of rotatable bonds is 2. The zero-order chi connectivity index (χ0) is 19.1. The Balaban J connectivity index is 1.96. The molecule has 2 heterocycles. The molecule has 7 nitrogen and oxygen atoms in total. The molecule has 2 aromatic rings. The van der Waals surface area contributed by atoms with Crippen LogP contribution in [-0.4, -0.2) is 38.8 Å². The van der Waals surface area contributed by atoms with Crippen LogP contribution in [0.5, 0.6) is 0 Å². The van der Waals surface area contributed by atoms with E-state index in [4.69, 9.17) is 10.5 Å². The summed E-state index contributed by atoms with van der Waals surface area (Å²) in [5.74, 6) is -1.02. The number of hydrogen-bond acceptors (Lipinski definition) is 4. The molecule has 0 fully saturated rings. The summed E-state index contributed by atoms with van der Waals surface area (Å²) < 4.78 is 20.3. The average molecular weight is 360 g/mol. The largest absolute Gasteiger partial charge is 0.444 e. The molecule has 0 spiro atoms. The molecule has 1 aliphatic rings. The number of ether oxygens (including phenoxy) is 1. The molecule has 1 aromatic heterocycles. The molecule has 8 heteroatoms. The van der Waals surface area contributed by atoms with Crippen LogP contribution < -0.4 is 5.73 Å². The van der Waals surface area contributed by atoms with Gasteiger partial charge in [0.05, 0.1) is 24.3 Å². The Labute approximate surface area is 150 Å². The molecule has 3 rings (SSSR count). The lowest BCUT2D eigenvalue weighted by atomic mass is 10.0. The van der Waals surface area contributed by atoms with Crippen molar-refractivity contribution in [3.8, 4) is 11.3 Å². The molecule has 0 saturated heterocycles. The van der Waals surface area contributed by atoms with Crippen molar-refractivity contribution in [1.82, 2.24) is 14.7 Å². The highest BCUT2D eigenvalue weighted by atomic mass is 19.1. The van der Waals surface area contributed by atoms with Gasteiger partial charge in [-0.3, -0.25) is 9.48 Å². The van der Waals surface area contributed by atoms with E-state index >= 15 is 0 Å². The van der Waals surface area contributed by atoms with Crippen LogP contribution >= 0.6 is 0 Å². The molecule has 2 amide bonds. The molecule has 0 saturated carbocycles. The highest BCUT2D eigenvalue weighted by Gasteiger charge is 2.31. The van der Waals surface area contributed by atoms with Crippen LogP contribution in [0.25, 0.3) is 11.3 Å². The maximum atomic E-state index is 13.2. The molecule has 0 aliphatic carbocycles. The molecule has 1 aliphatic heterocycles. The van der Waals surface area contributed by atoms with Crippen molar-refractivity contribution < 1.29 is 18.7 Å². The molecule has 0 bridgehead atoms. The van der Waals surface area contributed by atoms with Gasteiger partial charge in [-0.2, -0.15) is 5.10 Å². The highest BCUT2D eigenvalue weighted by Crippen LogP contribution is 2.28. The van der Waals surface area contributed by atoms with Crippen LogP contribution in [0.4, 0.5) is 9.18 Å². The number of amides is 2. The number of halogens is 1. The zero-order valence-electron chi connectivity index (χ0n) is 15.0. The lowest BCUT2D eigenvalue weighted by Crippen LogP contribution is -2.42. The first-order valence-electron chi connectivity index (χ1n) is 8.29. The molecule has 0 unspecified atom stereocenters. The quantitative estimate of drug-likeness (QED) is 0.891. The second-order valence-corrected chi connectivity index (χ2v) is 7.17. The van der Waals surface area contributed by atoms with Crippen LogP contribution in [-0.2, 0) is 17.8 Å². The number of carbonyl (C=O) groups is 2. The Hall–Kier alpha value is -2.90. The van der Waals surface area contributed by atoms with Crippen molar-refractivity contribution in [3.63, 3.8) is 0 Å². The lowest BCUT2D eigenvalue weighted by molar-refractivity contribution is 0.0193. The van der Waals surface area contributed by atoms with Gasteiger partial charge in [0.2, 0.25) is 0 Å². The predicted octanol–water partition coefficient (Wildman–Crippen LogP) is 2.54. The summed E-state index contributed by atoms with van der Waals surface area (Å²) in [4.78, 5) is 25.9. The van der Waals surface area contributed by atoms with E-state index in [2.05, 4.69) is 5.10 Å². The minimum atomic E-state index is -0.642. The lowest BCUT2D eigenvalue weighted by Gasteiger charge is -2.30. The van der Waals surface area contributed by atoms with Crippen molar-refractivity contribution in [2.45, 2.75) is 39.5 Å². The molecule has 1 aromatic carbocycles. The first-order valence-corrected chi connectivity index (χ1v) is 8.29. The van der Waals surface area contributed by atoms with Crippen molar-refractivity contribution in [3.05, 3.63) is 41.3 Å². The second-order valence-electron chi connectivity index (χ2n) is 7.17. The third-order valence-corrected chi connectivity index (χ3v) is 4.00. The third kappa shape index (κ3) is 3.54. The maximum absolute atomic E-state index is 13.2. The fraction of sp³-hybridized carbons (Fsp3) is 0.389. The molecular weight excluding hydrogens is 339 g/mol. The van der Waals surface area contributed by atoms with Crippen LogP contribution in [0.3, 0.4) is 0 Å². The Kier molecular flexibility index (Phi) is 4.43. The van der Waals surface area contributed by atoms with E-state index in [0.717, 1.165) is 0 Å². The number of carbonyl (C=O) groups excluding carboxylic acids is 2. The fourth-order valence-electron chi connectivity index (χ4n) is 2.87. The van der Waals surface area contributed by atoms with Gasteiger partial charge >= 0.3 is 6.09 Å². The van der Waals surface area contributed by atoms with Gasteiger partial charge in [0.25, 0.3) is 5.91 Å². The summed E-state index contributed by atoms with van der Waals surface area (Å²) in [6.07, 6.45) is -0.455. The number of primary amides is 1. The summed E-state index contributed by atoms with van der Waals surface area (Å²) in [6.45, 7) is 6.36. The van der Waals surface area contributed by atoms with Crippen molar-refractivity contribution >= 4 is 12.0 Å². The topological polar surface area (TPSA) is 90.4 Å². The number of aromatic nitrogens is 2. The van der Waals surface area contributed by atoms with E-state index in [1.807, 2.05) is 0 Å². The Morgan fingerprint density at radius 2 is 1.85 bits per heavy atom. The molecule has 2 N–H and O–H groups in total. The van der Waals surface area contributed by atoms with Crippen LogP contribution in [0.1, 0.15) is 36.8 Å². The molecular formula is C18H21FN4O3. The van der Waals surface area contributed by atoms with Gasteiger partial charge in [-0.15, -0.1) is 0 Å². The zero-order valence-corrected chi connectivity index (χ0v) is 15.0. The third-order valence-electron chi connectivity index (χ3n) is 4.00. The van der Waals surface area contributed by atoms with Crippen LogP contribution in [0.15, 0.2) is 24.3 Å². The Bertz CT molecular complexity index is 853. The number of fused-ring (bicyclic) bond motifs is 1. The van der Waals surface area contributed by atoms with Gasteiger partial charge in [0.15, 0.2) is 0 Å². The van der Waals surface area contributed by atoms with Gasteiger partial charge in [-0.1, -0.05) is 0 Å². The summed E-state index contributed by atoms with van der Waals surface area (Å²) in [5, 5.41) is 4.45. The van der Waals surface area contributed by atoms with Crippen molar-refractivity contribution in [2.24, 2.45) is 5.73 Å². The molecule has 0 radical (unpaired) electrons. The first-order chi connectivity index (χ1) is 12.2. The first kappa shape index (κ1) is 17.9. The molecule has 26 heavy (non-hydrogen) atoms. The van der Waals surface area contributed by atoms with Gasteiger partial charge in [0, 0.05) is 12.1 Å². The van der Waals surface area contributed by atoms with Crippen LogP contribution in [0.2, 0.25) is 0 Å². The van der Waals surface area contributed by atoms with E-state index in [1.54, 1.807) is 37.6 Å². The van der Waals surface area contributed by atoms with Crippen molar-refractivity contribution in [1.29, 1.82) is 0 Å². The van der Waals surface area contributed by atoms with E-state index in [0.29, 0.717) is 30.0 Å². The number of benzene rings is 1. The number of hydrogen-bond donors (Lipinski definition) is 1.